The van der Waals surface area contributed by atoms with E-state index in [9.17, 15) is 38.8 Å². The molecule has 33 heteroatoms. The molecule has 0 bridgehead atoms. The van der Waals surface area contributed by atoms with Crippen LogP contribution in [0.15, 0.2) is 278 Å². The Hall–Kier alpha value is -11.2. The van der Waals surface area contributed by atoms with Crippen molar-refractivity contribution in [3.8, 4) is 46.0 Å². The molecule has 133 heavy (non-hydrogen) atoms. The fourth-order valence-corrected chi connectivity index (χ4v) is 18.4. The SMILES string of the molecule is CCCCNc1cc(CN2CC=C(c3ccccc3)CC2)cc(S(N)(=O)=O)c1Oc1ccccc1.CCCCNc1cc(CN2CCC(O)(c3ccccc3)CC2)cc(S(N)(=O)=O)c1Oc1ccccc1.CCCCNc1cc(CNCc2cccs2)cc(S(=O)(=O)N=CN(C)C)c1Oc1ccccc1.Cl.[C-]#[N+]CNCc1cc(NCCCC)c(Oc2ccccc2)c(S(N)(=O)=O)c1. The Morgan fingerprint density at radius 1 is 0.466 bits per heavy atom. The van der Waals surface area contributed by atoms with Crippen molar-refractivity contribution in [3.05, 3.63) is 304 Å². The number of piperidine rings is 1. The smallest absolute Gasteiger partial charge is 0.287 e. The average molecular weight is 1930 g/mol. The first-order chi connectivity index (χ1) is 63.6. The van der Waals surface area contributed by atoms with E-state index in [0.717, 1.165) is 93.1 Å². The molecule has 27 nitrogen and oxygen atoms in total. The second-order valence-electron chi connectivity index (χ2n) is 32.1. The summed E-state index contributed by atoms with van der Waals surface area (Å²) in [7, 11) is -12.6. The molecular weight excluding hydrogens is 1800 g/mol. The molecule has 0 atom stereocenters. The third-order valence-electron chi connectivity index (χ3n) is 21.3. The van der Waals surface area contributed by atoms with Gasteiger partial charge < -0.3 is 55.5 Å². The summed E-state index contributed by atoms with van der Waals surface area (Å²) >= 11 is 1.68. The van der Waals surface area contributed by atoms with E-state index < -0.39 is 45.7 Å². The first kappa shape index (κ1) is 105. The molecule has 2 aliphatic rings. The van der Waals surface area contributed by atoms with Gasteiger partial charge in [-0.25, -0.2) is 52.6 Å². The van der Waals surface area contributed by atoms with Gasteiger partial charge >= 0.3 is 0 Å². The predicted molar refractivity (Wildman–Crippen MR) is 538 cm³/mol. The van der Waals surface area contributed by atoms with E-state index in [1.54, 1.807) is 109 Å². The Morgan fingerprint density at radius 2 is 0.827 bits per heavy atom. The summed E-state index contributed by atoms with van der Waals surface area (Å²) in [6.07, 6.45) is 13.5. The second kappa shape index (κ2) is 53.0. The predicted octanol–water partition coefficient (Wildman–Crippen LogP) is 19.5. The van der Waals surface area contributed by atoms with Crippen LogP contribution < -0.4 is 66.3 Å². The zero-order chi connectivity index (χ0) is 94.4. The molecule has 0 saturated carbocycles. The minimum atomic E-state index is -4.05. The molecule has 0 unspecified atom stereocenters. The summed E-state index contributed by atoms with van der Waals surface area (Å²) in [6, 6.07) is 74.7. The largest absolute Gasteiger partial charge is 0.454 e. The highest BCUT2D eigenvalue weighted by Crippen LogP contribution is 2.44. The summed E-state index contributed by atoms with van der Waals surface area (Å²) in [6.45, 7) is 23.9. The number of likely N-dealkylation sites (tertiary alicyclic amines) is 1. The number of ether oxygens (including phenoxy) is 4. The summed E-state index contributed by atoms with van der Waals surface area (Å²) in [5, 5.41) is 49.7. The van der Waals surface area contributed by atoms with Crippen LogP contribution in [0.25, 0.3) is 10.4 Å². The van der Waals surface area contributed by atoms with Crippen molar-refractivity contribution < 1.29 is 57.7 Å². The molecule has 13 N–H and O–H groups in total. The van der Waals surface area contributed by atoms with Crippen molar-refractivity contribution in [2.24, 2.45) is 19.8 Å². The first-order valence-electron chi connectivity index (χ1n) is 44.4. The van der Waals surface area contributed by atoms with Gasteiger partial charge in [-0.2, -0.15) is 8.42 Å². The molecule has 0 aliphatic carbocycles. The van der Waals surface area contributed by atoms with E-state index in [1.165, 1.54) is 28.4 Å². The standard InChI is InChI=1S/C28H35N3O4S.C28H33N3O3S.C25H32N4O3S2.C19H24N4O3S.ClH/c1-2-3-16-30-25-19-22(20-26(36(29,33)34)27(25)35-24-12-8-5-9-13-24)21-31-17-14-28(32,15-18-31)23-10-6-4-7-11-23;1-2-3-16-30-26-19-22(21-31-17-14-24(15-18-31)23-10-6-4-7-11-23)20-27(35(29,32)33)28(26)34-25-12-8-5-9-13-25;1-4-5-13-27-23-15-20(17-26-18-22-12-9-14-33-22)16-24(34(30,31)28-19-29(2)3)25(23)32-21-10-7-6-8-11-21;1-3-4-10-23-17-11-15(13-22-14-21-2)12-18(27(20,24)25)19(17)26-16-8-6-5-7-9-16;/h4-13,19-20,30,32H,2-3,14-18,21H2,1H3,(H2,29,33,34);4-14,19-20,30H,2-3,15-18,21H2,1H3,(H2,29,32,33);6-12,14-16,19,26-27H,4-5,13,17-18H2,1-3H3;5-9,11-12,22-23H,3-4,10,13-14H2,1H3,(H2,20,24,25);1H. The molecule has 1 fully saturated rings. The molecule has 10 aromatic carbocycles. The number of primary sulfonamides is 3. The van der Waals surface area contributed by atoms with Crippen LogP contribution in [0, 0.1) is 6.57 Å². The number of benzene rings is 10. The summed E-state index contributed by atoms with van der Waals surface area (Å²) in [4.78, 5) is 10.5. The van der Waals surface area contributed by atoms with Gasteiger partial charge in [0, 0.05) is 104 Å². The molecule has 1 aromatic heterocycles. The Morgan fingerprint density at radius 3 is 1.19 bits per heavy atom. The monoisotopic (exact) mass is 1920 g/mol. The van der Waals surface area contributed by atoms with Gasteiger partial charge in [0.2, 0.25) is 30.1 Å². The highest BCUT2D eigenvalue weighted by molar-refractivity contribution is 7.90. The molecule has 13 rings (SSSR count). The van der Waals surface area contributed by atoms with Crippen LogP contribution >= 0.6 is 23.7 Å². The number of rotatable bonds is 43. The number of anilines is 4. The van der Waals surface area contributed by atoms with Gasteiger partial charge in [-0.1, -0.05) is 199 Å². The number of thiophene rings is 1. The topological polar surface area (TPSA) is 370 Å². The van der Waals surface area contributed by atoms with Crippen LogP contribution in [0.3, 0.4) is 0 Å². The normalized spacial score (nSPS) is 13.3. The number of unbranched alkanes of at least 4 members (excludes halogenated alkanes) is 4. The van der Waals surface area contributed by atoms with Crippen molar-refractivity contribution in [1.82, 2.24) is 25.3 Å². The number of halogens is 1. The van der Waals surface area contributed by atoms with Crippen LogP contribution in [-0.2, 0) is 78.4 Å². The maximum atomic E-state index is 13.3. The highest BCUT2D eigenvalue weighted by Gasteiger charge is 2.35. The Kier molecular flexibility index (Phi) is 42.0. The molecule has 1 saturated heterocycles. The van der Waals surface area contributed by atoms with Gasteiger partial charge in [0.15, 0.2) is 23.0 Å². The van der Waals surface area contributed by atoms with Crippen molar-refractivity contribution in [2.75, 3.05) is 94.4 Å². The molecule has 710 valence electrons. The summed E-state index contributed by atoms with van der Waals surface area (Å²) in [5.74, 6) is 3.03. The second-order valence-corrected chi connectivity index (χ2v) is 39.4. The number of hydrogen-bond donors (Lipinski definition) is 10. The molecule has 2 aliphatic heterocycles. The van der Waals surface area contributed by atoms with Crippen LogP contribution in [0.1, 0.15) is 137 Å². The fourth-order valence-electron chi connectivity index (χ4n) is 14.4. The average Bonchev–Trinajstić information content (AvgIpc) is 0.858. The van der Waals surface area contributed by atoms with Gasteiger partial charge in [0.1, 0.15) is 48.9 Å². The summed E-state index contributed by atoms with van der Waals surface area (Å²) in [5.41, 5.74) is 8.35. The molecule has 0 amide bonds. The number of aliphatic hydroxyl groups is 1. The number of nitrogens with two attached hydrogens (primary N) is 3. The lowest BCUT2D eigenvalue weighted by atomic mass is 9.84. The van der Waals surface area contributed by atoms with Gasteiger partial charge in [-0.15, -0.1) is 28.1 Å². The van der Waals surface area contributed by atoms with Crippen molar-refractivity contribution in [1.29, 1.82) is 0 Å². The first-order valence-corrected chi connectivity index (χ1v) is 51.4. The number of hydrogen-bond acceptors (Lipinski definition) is 22. The van der Waals surface area contributed by atoms with E-state index in [-0.39, 0.29) is 61.7 Å². The van der Waals surface area contributed by atoms with Gasteiger partial charge in [-0.3, -0.25) is 14.6 Å². The fraction of sp³-hybridized carbons (Fsp3) is 0.320. The van der Waals surface area contributed by atoms with Gasteiger partial charge in [0.25, 0.3) is 16.7 Å². The van der Waals surface area contributed by atoms with E-state index in [1.807, 2.05) is 133 Å². The zero-order valence-corrected chi connectivity index (χ0v) is 81.2. The molecule has 0 spiro atoms. The number of para-hydroxylation sites is 4. The van der Waals surface area contributed by atoms with Crippen molar-refractivity contribution in [2.45, 2.75) is 156 Å². The molecule has 3 heterocycles. The third-order valence-corrected chi connectivity index (χ3v) is 26.1. The number of nitrogens with one attached hydrogen (secondary N) is 6. The third kappa shape index (κ3) is 33.7. The minimum absolute atomic E-state index is 0. The lowest BCUT2D eigenvalue weighted by molar-refractivity contribution is -0.0277. The van der Waals surface area contributed by atoms with Gasteiger partial charge in [-0.05, 0) is 192 Å². The molecule has 0 radical (unpaired) electrons. The minimum Gasteiger partial charge on any atom is -0.454 e. The number of nitrogens with zero attached hydrogens (tertiary/aromatic N) is 5. The zero-order valence-electron chi connectivity index (χ0n) is 76.3. The van der Waals surface area contributed by atoms with E-state index >= 15 is 0 Å². The van der Waals surface area contributed by atoms with E-state index in [4.69, 9.17) is 40.9 Å². The highest BCUT2D eigenvalue weighted by atomic mass is 35.5. The van der Waals surface area contributed by atoms with Crippen LogP contribution in [0.5, 0.6) is 46.0 Å². The maximum Gasteiger partial charge on any atom is 0.287 e. The van der Waals surface area contributed by atoms with Crippen molar-refractivity contribution in [3.63, 3.8) is 0 Å². The van der Waals surface area contributed by atoms with Crippen LogP contribution in [-0.4, -0.2) is 133 Å². The molecular formula is C100H125ClN14O13S5. The van der Waals surface area contributed by atoms with E-state index in [0.29, 0.717) is 136 Å². The summed E-state index contributed by atoms with van der Waals surface area (Å²) < 4.78 is 130. The van der Waals surface area contributed by atoms with Crippen LogP contribution in [0.2, 0.25) is 0 Å². The lowest BCUT2D eigenvalue weighted by Crippen LogP contribution is -2.42. The maximum absolute atomic E-state index is 13.3. The van der Waals surface area contributed by atoms with Gasteiger partial charge in [0.05, 0.1) is 28.4 Å². The Bertz CT molecular complexity index is 6040. The molecule has 11 aromatic rings. The Balaban J connectivity index is 0.000000200. The van der Waals surface area contributed by atoms with Crippen molar-refractivity contribution >= 4 is 98.5 Å². The van der Waals surface area contributed by atoms with Crippen LogP contribution in [0.4, 0.5) is 22.7 Å². The van der Waals surface area contributed by atoms with E-state index in [2.05, 4.69) is 115 Å². The lowest BCUT2D eigenvalue weighted by Gasteiger charge is -2.38. The Labute approximate surface area is 796 Å². The number of sulfonamides is 4. The quantitative estimate of drug-likeness (QED) is 0.00734.